The second kappa shape index (κ2) is 8.27. The molecule has 1 amide bonds. The summed E-state index contributed by atoms with van der Waals surface area (Å²) in [5, 5.41) is 7.35. The molecule has 29 heavy (non-hydrogen) atoms. The number of rotatable bonds is 7. The topological polar surface area (TPSA) is 71.3 Å². The molecule has 2 heterocycles. The molecule has 0 bridgehead atoms. The highest BCUT2D eigenvalue weighted by atomic mass is 16.5. The molecule has 1 aliphatic heterocycles. The van der Waals surface area contributed by atoms with Gasteiger partial charge in [0.2, 0.25) is 11.8 Å². The first kappa shape index (κ1) is 20.1. The summed E-state index contributed by atoms with van der Waals surface area (Å²) < 4.78 is 5.68. The van der Waals surface area contributed by atoms with E-state index < -0.39 is 0 Å². The highest BCUT2D eigenvalue weighted by molar-refractivity contribution is 5.76. The zero-order chi connectivity index (χ0) is 20.4. The van der Waals surface area contributed by atoms with Gasteiger partial charge in [-0.05, 0) is 43.6 Å². The van der Waals surface area contributed by atoms with Crippen molar-refractivity contribution < 1.29 is 9.32 Å². The molecule has 1 aliphatic carbocycles. The van der Waals surface area contributed by atoms with Crippen molar-refractivity contribution in [1.29, 1.82) is 0 Å². The van der Waals surface area contributed by atoms with E-state index in [9.17, 15) is 4.79 Å². The third kappa shape index (κ3) is 4.37. The third-order valence-corrected chi connectivity index (χ3v) is 6.46. The number of nitrogens with zero attached hydrogens (tertiary/aromatic N) is 3. The number of benzene rings is 1. The van der Waals surface area contributed by atoms with Crippen molar-refractivity contribution in [3.8, 4) is 0 Å². The Morgan fingerprint density at radius 1 is 1.34 bits per heavy atom. The highest BCUT2D eigenvalue weighted by Crippen LogP contribution is 2.50. The first-order valence-corrected chi connectivity index (χ1v) is 10.8. The molecule has 6 heteroatoms. The van der Waals surface area contributed by atoms with Crippen LogP contribution in [-0.2, 0) is 16.8 Å². The summed E-state index contributed by atoms with van der Waals surface area (Å²) >= 11 is 0. The van der Waals surface area contributed by atoms with Gasteiger partial charge in [0.05, 0.1) is 5.41 Å². The van der Waals surface area contributed by atoms with Gasteiger partial charge in [-0.15, -0.1) is 0 Å². The van der Waals surface area contributed by atoms with Gasteiger partial charge >= 0.3 is 0 Å². The lowest BCUT2D eigenvalue weighted by atomic mass is 9.80. The summed E-state index contributed by atoms with van der Waals surface area (Å²) in [4.78, 5) is 19.5. The van der Waals surface area contributed by atoms with Gasteiger partial charge in [0.15, 0.2) is 5.82 Å². The zero-order valence-corrected chi connectivity index (χ0v) is 17.7. The highest BCUT2D eigenvalue weighted by Gasteiger charge is 2.57. The minimum Gasteiger partial charge on any atom is -0.353 e. The van der Waals surface area contributed by atoms with Gasteiger partial charge in [-0.2, -0.15) is 4.98 Å². The molecule has 0 radical (unpaired) electrons. The van der Waals surface area contributed by atoms with Crippen molar-refractivity contribution in [3.05, 3.63) is 47.6 Å². The van der Waals surface area contributed by atoms with E-state index in [0.29, 0.717) is 24.1 Å². The van der Waals surface area contributed by atoms with Crippen molar-refractivity contribution in [2.75, 3.05) is 13.1 Å². The summed E-state index contributed by atoms with van der Waals surface area (Å²) in [5.74, 6) is 2.56. The summed E-state index contributed by atoms with van der Waals surface area (Å²) in [6.45, 7) is 9.00. The minimum atomic E-state index is -0.161. The second-order valence-electron chi connectivity index (χ2n) is 9.29. The van der Waals surface area contributed by atoms with Gasteiger partial charge in [0.1, 0.15) is 0 Å². The van der Waals surface area contributed by atoms with Gasteiger partial charge in [-0.3, -0.25) is 9.69 Å². The fraction of sp³-hybridized carbons (Fsp3) is 0.609. The van der Waals surface area contributed by atoms with E-state index in [1.165, 1.54) is 5.56 Å². The van der Waals surface area contributed by atoms with Gasteiger partial charge in [-0.25, -0.2) is 0 Å². The van der Waals surface area contributed by atoms with Crippen LogP contribution in [0.5, 0.6) is 0 Å². The molecule has 156 valence electrons. The standard InChI is InChI=1S/C23H32N4O2/c1-16(2)9-10-21(28)25-20-11-19-14-27(13-18-7-5-4-6-8-18)15-23(19,12-20)22-24-17(3)26-29-22/h4-8,16,19-20H,9-15H2,1-3H3,(H,25,28)/t19-,20+,23-/m0/s1. The minimum absolute atomic E-state index is 0.161. The van der Waals surface area contributed by atoms with Crippen LogP contribution in [0.25, 0.3) is 0 Å². The van der Waals surface area contributed by atoms with Crippen molar-refractivity contribution in [2.45, 2.75) is 64.5 Å². The normalized spacial score (nSPS) is 26.8. The number of aromatic nitrogens is 2. The van der Waals surface area contributed by atoms with E-state index >= 15 is 0 Å². The van der Waals surface area contributed by atoms with Gasteiger partial charge in [0.25, 0.3) is 0 Å². The molecule has 1 saturated carbocycles. The average molecular weight is 397 g/mol. The van der Waals surface area contributed by atoms with Crippen molar-refractivity contribution in [2.24, 2.45) is 11.8 Å². The van der Waals surface area contributed by atoms with Crippen LogP contribution in [0.1, 0.15) is 56.8 Å². The number of amides is 1. The number of fused-ring (bicyclic) bond motifs is 1. The largest absolute Gasteiger partial charge is 0.353 e. The van der Waals surface area contributed by atoms with Crippen LogP contribution in [0.2, 0.25) is 0 Å². The predicted octanol–water partition coefficient (Wildman–Crippen LogP) is 3.46. The zero-order valence-electron chi connectivity index (χ0n) is 17.7. The first-order chi connectivity index (χ1) is 13.9. The molecule has 1 aromatic carbocycles. The number of likely N-dealkylation sites (tertiary alicyclic amines) is 1. The molecule has 6 nitrogen and oxygen atoms in total. The van der Waals surface area contributed by atoms with E-state index in [0.717, 1.165) is 44.8 Å². The fourth-order valence-electron chi connectivity index (χ4n) is 5.10. The lowest BCUT2D eigenvalue weighted by Gasteiger charge is -2.25. The Kier molecular flexibility index (Phi) is 5.72. The average Bonchev–Trinajstić information content (AvgIpc) is 3.33. The molecule has 0 spiro atoms. The van der Waals surface area contributed by atoms with Crippen LogP contribution in [0.3, 0.4) is 0 Å². The first-order valence-electron chi connectivity index (χ1n) is 10.8. The Hall–Kier alpha value is -2.21. The third-order valence-electron chi connectivity index (χ3n) is 6.46. The molecule has 0 unspecified atom stereocenters. The molecule has 4 rings (SSSR count). The maximum absolute atomic E-state index is 12.4. The Balaban J connectivity index is 1.47. The van der Waals surface area contributed by atoms with Crippen LogP contribution in [0, 0.1) is 18.8 Å². The number of hydrogen-bond acceptors (Lipinski definition) is 5. The maximum atomic E-state index is 12.4. The Morgan fingerprint density at radius 3 is 2.83 bits per heavy atom. The van der Waals surface area contributed by atoms with Crippen LogP contribution in [0.15, 0.2) is 34.9 Å². The van der Waals surface area contributed by atoms with Crippen LogP contribution in [0.4, 0.5) is 0 Å². The quantitative estimate of drug-likeness (QED) is 0.776. The van der Waals surface area contributed by atoms with Gasteiger partial charge in [-0.1, -0.05) is 49.3 Å². The molecule has 1 saturated heterocycles. The van der Waals surface area contributed by atoms with Gasteiger partial charge < -0.3 is 9.84 Å². The van der Waals surface area contributed by atoms with Crippen molar-refractivity contribution >= 4 is 5.91 Å². The van der Waals surface area contributed by atoms with E-state index in [4.69, 9.17) is 4.52 Å². The number of carbonyl (C=O) groups excluding carboxylic acids is 1. The molecule has 3 atom stereocenters. The van der Waals surface area contributed by atoms with E-state index in [1.807, 2.05) is 6.92 Å². The van der Waals surface area contributed by atoms with Crippen molar-refractivity contribution in [3.63, 3.8) is 0 Å². The van der Waals surface area contributed by atoms with Gasteiger partial charge in [0, 0.05) is 32.1 Å². The molecular weight excluding hydrogens is 364 g/mol. The Morgan fingerprint density at radius 2 is 2.14 bits per heavy atom. The predicted molar refractivity (Wildman–Crippen MR) is 111 cm³/mol. The molecule has 2 aromatic rings. The smallest absolute Gasteiger partial charge is 0.234 e. The lowest BCUT2D eigenvalue weighted by molar-refractivity contribution is -0.122. The SMILES string of the molecule is Cc1noc([C@]23C[C@H](NC(=O)CCC(C)C)C[C@H]2CN(Cc2ccccc2)C3)n1. The summed E-state index contributed by atoms with van der Waals surface area (Å²) in [6.07, 6.45) is 3.38. The molecule has 1 N–H and O–H groups in total. The van der Waals surface area contributed by atoms with Crippen molar-refractivity contribution in [1.82, 2.24) is 20.4 Å². The second-order valence-corrected chi connectivity index (χ2v) is 9.29. The van der Waals surface area contributed by atoms with E-state index in [1.54, 1.807) is 0 Å². The summed E-state index contributed by atoms with van der Waals surface area (Å²) in [7, 11) is 0. The number of carbonyl (C=O) groups is 1. The number of nitrogens with one attached hydrogen (secondary N) is 1. The van der Waals surface area contributed by atoms with Crippen LogP contribution < -0.4 is 5.32 Å². The van der Waals surface area contributed by atoms with E-state index in [2.05, 4.69) is 64.5 Å². The van der Waals surface area contributed by atoms with Crippen LogP contribution >= 0.6 is 0 Å². The molecule has 2 fully saturated rings. The maximum Gasteiger partial charge on any atom is 0.234 e. The van der Waals surface area contributed by atoms with Crippen LogP contribution in [-0.4, -0.2) is 40.1 Å². The lowest BCUT2D eigenvalue weighted by Crippen LogP contribution is -2.38. The van der Waals surface area contributed by atoms with E-state index in [-0.39, 0.29) is 17.4 Å². The Bertz CT molecular complexity index is 834. The number of aryl methyl sites for hydroxylation is 1. The monoisotopic (exact) mass is 396 g/mol. The molecular formula is C23H32N4O2. The summed E-state index contributed by atoms with van der Waals surface area (Å²) in [6, 6.07) is 10.8. The number of hydrogen-bond donors (Lipinski definition) is 1. The summed E-state index contributed by atoms with van der Waals surface area (Å²) in [5.41, 5.74) is 1.16. The fourth-order valence-corrected chi connectivity index (χ4v) is 5.10. The Labute approximate surface area is 173 Å². The molecule has 1 aromatic heterocycles. The molecule has 2 aliphatic rings.